The summed E-state index contributed by atoms with van der Waals surface area (Å²) in [6, 6.07) is 14.1. The van der Waals surface area contributed by atoms with E-state index in [-0.39, 0.29) is 0 Å². The van der Waals surface area contributed by atoms with Crippen molar-refractivity contribution in [2.75, 3.05) is 13.6 Å². The predicted octanol–water partition coefficient (Wildman–Crippen LogP) is 3.77. The second-order valence-corrected chi connectivity index (χ2v) is 6.21. The Morgan fingerprint density at radius 3 is 2.78 bits per heavy atom. The molecule has 1 aromatic heterocycles. The molecule has 0 amide bonds. The lowest BCUT2D eigenvalue weighted by Crippen LogP contribution is -2.21. The van der Waals surface area contributed by atoms with Gasteiger partial charge in [-0.05, 0) is 30.7 Å². The van der Waals surface area contributed by atoms with Crippen LogP contribution in [0.5, 0.6) is 0 Å². The van der Waals surface area contributed by atoms with Gasteiger partial charge in [0.2, 0.25) is 0 Å². The molecule has 3 aromatic rings. The number of rotatable bonds is 6. The van der Waals surface area contributed by atoms with E-state index in [0.717, 1.165) is 29.6 Å². The minimum atomic E-state index is -0.583. The molecular formula is C18H20ClN3O. The van der Waals surface area contributed by atoms with E-state index >= 15 is 0 Å². The molecule has 2 aromatic carbocycles. The van der Waals surface area contributed by atoms with Gasteiger partial charge < -0.3 is 10.0 Å². The molecule has 0 saturated heterocycles. The smallest absolute Gasteiger partial charge is 0.0816 e. The van der Waals surface area contributed by atoms with Crippen LogP contribution in [-0.2, 0) is 6.54 Å². The maximum absolute atomic E-state index is 10.5. The summed E-state index contributed by atoms with van der Waals surface area (Å²) >= 11 is 6.39. The van der Waals surface area contributed by atoms with Gasteiger partial charge in [0.25, 0.3) is 0 Å². The maximum atomic E-state index is 10.5. The fourth-order valence-corrected chi connectivity index (χ4v) is 3.07. The molecule has 0 aliphatic carbocycles. The van der Waals surface area contributed by atoms with Crippen molar-refractivity contribution in [1.82, 2.24) is 15.1 Å². The summed E-state index contributed by atoms with van der Waals surface area (Å²) in [4.78, 5) is 2.20. The van der Waals surface area contributed by atoms with Gasteiger partial charge in [0.05, 0.1) is 22.8 Å². The van der Waals surface area contributed by atoms with Gasteiger partial charge in [0, 0.05) is 18.5 Å². The van der Waals surface area contributed by atoms with Gasteiger partial charge >= 0.3 is 0 Å². The van der Waals surface area contributed by atoms with Crippen LogP contribution in [0.2, 0.25) is 5.02 Å². The van der Waals surface area contributed by atoms with Gasteiger partial charge in [-0.25, -0.2) is 0 Å². The van der Waals surface area contributed by atoms with Crippen molar-refractivity contribution >= 4 is 22.5 Å². The number of fused-ring (bicyclic) bond motifs is 1. The molecule has 0 aliphatic rings. The highest BCUT2D eigenvalue weighted by molar-refractivity contribution is 6.36. The fraction of sp³-hybridized carbons (Fsp3) is 0.278. The third-order valence-electron chi connectivity index (χ3n) is 4.03. The number of hydrogen-bond acceptors (Lipinski definition) is 3. The molecule has 0 bridgehead atoms. The number of hydrogen-bond donors (Lipinski definition) is 2. The predicted molar refractivity (Wildman–Crippen MR) is 93.5 cm³/mol. The molecule has 120 valence electrons. The highest BCUT2D eigenvalue weighted by atomic mass is 35.5. The van der Waals surface area contributed by atoms with Crippen LogP contribution in [0.3, 0.4) is 0 Å². The molecule has 0 radical (unpaired) electrons. The summed E-state index contributed by atoms with van der Waals surface area (Å²) in [5.41, 5.74) is 2.91. The monoisotopic (exact) mass is 329 g/mol. The van der Waals surface area contributed by atoms with E-state index in [1.807, 2.05) is 30.3 Å². The van der Waals surface area contributed by atoms with Crippen molar-refractivity contribution in [3.63, 3.8) is 0 Å². The van der Waals surface area contributed by atoms with E-state index in [9.17, 15) is 5.11 Å². The van der Waals surface area contributed by atoms with Crippen molar-refractivity contribution in [2.45, 2.75) is 19.1 Å². The Morgan fingerprint density at radius 2 is 2.00 bits per heavy atom. The van der Waals surface area contributed by atoms with Gasteiger partial charge in [-0.1, -0.05) is 48.0 Å². The Hall–Kier alpha value is -1.88. The molecule has 0 fully saturated rings. The first kappa shape index (κ1) is 16.0. The number of aliphatic hydroxyl groups is 1. The number of benzene rings is 2. The van der Waals surface area contributed by atoms with Gasteiger partial charge in [-0.3, -0.25) is 5.10 Å². The first-order valence-electron chi connectivity index (χ1n) is 7.67. The highest BCUT2D eigenvalue weighted by Gasteiger charge is 2.15. The molecule has 1 heterocycles. The van der Waals surface area contributed by atoms with Crippen LogP contribution in [0, 0.1) is 0 Å². The van der Waals surface area contributed by atoms with Crippen LogP contribution in [0.25, 0.3) is 10.9 Å². The lowest BCUT2D eigenvalue weighted by Gasteiger charge is -2.20. The van der Waals surface area contributed by atoms with Gasteiger partial charge in [-0.2, -0.15) is 5.10 Å². The number of nitrogens with zero attached hydrogens (tertiary/aromatic N) is 2. The Morgan fingerprint density at radius 1 is 1.22 bits per heavy atom. The molecule has 5 heteroatoms. The number of aliphatic hydroxyl groups excluding tert-OH is 1. The standard InChI is InChI=1S/C18H20ClN3O/c1-22(12-13-5-3-2-4-6-13)10-9-17(23)14-7-8-16-15(18(14)19)11-20-21-16/h2-8,11,17,23H,9-10,12H2,1H3,(H,20,21). The average molecular weight is 330 g/mol. The normalized spacial score (nSPS) is 12.9. The topological polar surface area (TPSA) is 52.1 Å². The summed E-state index contributed by atoms with van der Waals surface area (Å²) < 4.78 is 0. The van der Waals surface area contributed by atoms with Crippen molar-refractivity contribution in [3.05, 3.63) is 64.8 Å². The van der Waals surface area contributed by atoms with Crippen molar-refractivity contribution in [1.29, 1.82) is 0 Å². The molecule has 3 rings (SSSR count). The SMILES string of the molecule is CN(CCC(O)c1ccc2[nH]ncc2c1Cl)Cc1ccccc1. The van der Waals surface area contributed by atoms with Crippen molar-refractivity contribution < 1.29 is 5.11 Å². The molecule has 2 N–H and O–H groups in total. The summed E-state index contributed by atoms with van der Waals surface area (Å²) in [6.45, 7) is 1.65. The van der Waals surface area contributed by atoms with Gasteiger partial charge in [0.15, 0.2) is 0 Å². The molecule has 0 saturated carbocycles. The van der Waals surface area contributed by atoms with E-state index < -0.39 is 6.10 Å². The third kappa shape index (κ3) is 3.72. The van der Waals surface area contributed by atoms with Crippen LogP contribution in [-0.4, -0.2) is 33.8 Å². The minimum Gasteiger partial charge on any atom is -0.388 e. The second kappa shape index (κ2) is 7.13. The van der Waals surface area contributed by atoms with Gasteiger partial charge in [0.1, 0.15) is 0 Å². The van der Waals surface area contributed by atoms with E-state index in [2.05, 4.69) is 34.3 Å². The molecule has 0 spiro atoms. The van der Waals surface area contributed by atoms with Gasteiger partial charge in [-0.15, -0.1) is 0 Å². The molecule has 4 nitrogen and oxygen atoms in total. The molecule has 23 heavy (non-hydrogen) atoms. The lowest BCUT2D eigenvalue weighted by atomic mass is 10.0. The first-order valence-corrected chi connectivity index (χ1v) is 8.05. The van der Waals surface area contributed by atoms with Crippen molar-refractivity contribution in [2.24, 2.45) is 0 Å². The average Bonchev–Trinajstić information content (AvgIpc) is 3.03. The zero-order chi connectivity index (χ0) is 16.2. The quantitative estimate of drug-likeness (QED) is 0.723. The summed E-state index contributed by atoms with van der Waals surface area (Å²) in [5, 5.41) is 18.8. The molecule has 0 aliphatic heterocycles. The largest absolute Gasteiger partial charge is 0.388 e. The first-order chi connectivity index (χ1) is 11.1. The molecular weight excluding hydrogens is 310 g/mol. The molecule has 1 unspecified atom stereocenters. The zero-order valence-electron chi connectivity index (χ0n) is 13.0. The third-order valence-corrected chi connectivity index (χ3v) is 4.45. The van der Waals surface area contributed by atoms with E-state index in [0.29, 0.717) is 11.4 Å². The Kier molecular flexibility index (Phi) is 4.96. The lowest BCUT2D eigenvalue weighted by molar-refractivity contribution is 0.148. The summed E-state index contributed by atoms with van der Waals surface area (Å²) in [7, 11) is 2.06. The Balaban J connectivity index is 1.62. The number of halogens is 1. The minimum absolute atomic E-state index is 0.578. The van der Waals surface area contributed by atoms with Crippen molar-refractivity contribution in [3.8, 4) is 0 Å². The number of H-pyrrole nitrogens is 1. The number of aromatic nitrogens is 2. The highest BCUT2D eigenvalue weighted by Crippen LogP contribution is 2.31. The maximum Gasteiger partial charge on any atom is 0.0816 e. The van der Waals surface area contributed by atoms with E-state index in [1.54, 1.807) is 6.20 Å². The van der Waals surface area contributed by atoms with Crippen LogP contribution in [0.15, 0.2) is 48.7 Å². The Labute approximate surface area is 140 Å². The second-order valence-electron chi connectivity index (χ2n) is 5.83. The van der Waals surface area contributed by atoms with E-state index in [4.69, 9.17) is 11.6 Å². The molecule has 1 atom stereocenters. The fourth-order valence-electron chi connectivity index (χ4n) is 2.73. The van der Waals surface area contributed by atoms with Crippen LogP contribution in [0.1, 0.15) is 23.7 Å². The number of nitrogens with one attached hydrogen (secondary N) is 1. The summed E-state index contributed by atoms with van der Waals surface area (Å²) in [6.07, 6.45) is 1.74. The van der Waals surface area contributed by atoms with Crippen LogP contribution < -0.4 is 0 Å². The number of aromatic amines is 1. The van der Waals surface area contributed by atoms with Crippen LogP contribution in [0.4, 0.5) is 0 Å². The summed E-state index contributed by atoms with van der Waals surface area (Å²) in [5.74, 6) is 0. The van der Waals surface area contributed by atoms with Crippen LogP contribution >= 0.6 is 11.6 Å². The van der Waals surface area contributed by atoms with E-state index in [1.165, 1.54) is 5.56 Å². The Bertz CT molecular complexity index is 772. The zero-order valence-corrected chi connectivity index (χ0v) is 13.8.